The SMILES string of the molecule is CN(C)[C@@H]1C(=O)C(C(N)=O)C(=O)[C@@]2(O)C(O)c3c(c(N)c4cccc(O)c4c3O)[C@H](OC(=O)C3CCC3)[C@@H]12. The fourth-order valence-corrected chi connectivity index (χ4v) is 6.22. The molecule has 0 bridgehead atoms. The van der Waals surface area contributed by atoms with Gasteiger partial charge < -0.3 is 36.6 Å². The number of benzene rings is 2. The van der Waals surface area contributed by atoms with Gasteiger partial charge in [0.1, 0.15) is 23.7 Å². The zero-order chi connectivity index (χ0) is 27.8. The van der Waals surface area contributed by atoms with Gasteiger partial charge in [0, 0.05) is 22.2 Å². The molecule has 12 heteroatoms. The minimum Gasteiger partial charge on any atom is -0.507 e. The van der Waals surface area contributed by atoms with Crippen molar-refractivity contribution in [3.63, 3.8) is 0 Å². The van der Waals surface area contributed by atoms with Crippen molar-refractivity contribution < 1.29 is 44.3 Å². The Morgan fingerprint density at radius 1 is 1.13 bits per heavy atom. The zero-order valence-corrected chi connectivity index (χ0v) is 20.7. The Bertz CT molecular complexity index is 1400. The molecule has 0 aromatic heterocycles. The molecule has 38 heavy (non-hydrogen) atoms. The Kier molecular flexibility index (Phi) is 5.89. The van der Waals surface area contributed by atoms with E-state index in [2.05, 4.69) is 0 Å². The van der Waals surface area contributed by atoms with Crippen molar-refractivity contribution >= 4 is 39.9 Å². The molecule has 2 saturated carbocycles. The maximum absolute atomic E-state index is 13.6. The van der Waals surface area contributed by atoms with Crippen molar-refractivity contribution in [1.82, 2.24) is 4.90 Å². The minimum atomic E-state index is -2.90. The van der Waals surface area contributed by atoms with Gasteiger partial charge in [-0.25, -0.2) is 0 Å². The van der Waals surface area contributed by atoms with Crippen molar-refractivity contribution in [2.24, 2.45) is 23.5 Å². The lowest BCUT2D eigenvalue weighted by molar-refractivity contribution is -0.210. The number of phenolic OH excluding ortho intramolecular Hbond substituents is 2. The van der Waals surface area contributed by atoms with Crippen LogP contribution >= 0.6 is 0 Å². The molecule has 6 atom stereocenters. The summed E-state index contributed by atoms with van der Waals surface area (Å²) in [5, 5.41) is 45.3. The van der Waals surface area contributed by atoms with E-state index in [1.54, 1.807) is 0 Å². The number of aromatic hydroxyl groups is 2. The Labute approximate surface area is 216 Å². The number of primary amides is 1. The third-order valence-corrected chi connectivity index (χ3v) is 8.31. The molecule has 2 unspecified atom stereocenters. The van der Waals surface area contributed by atoms with Crippen LogP contribution in [0.2, 0.25) is 0 Å². The number of ether oxygens (including phenoxy) is 1. The van der Waals surface area contributed by atoms with E-state index >= 15 is 0 Å². The molecular weight excluding hydrogens is 498 g/mol. The largest absolute Gasteiger partial charge is 0.507 e. The Morgan fingerprint density at radius 2 is 1.79 bits per heavy atom. The quantitative estimate of drug-likeness (QED) is 0.132. The average molecular weight is 528 g/mol. The van der Waals surface area contributed by atoms with E-state index in [-0.39, 0.29) is 22.0 Å². The summed E-state index contributed by atoms with van der Waals surface area (Å²) in [5.74, 6) is -9.55. The molecule has 0 spiro atoms. The highest BCUT2D eigenvalue weighted by Gasteiger charge is 2.70. The summed E-state index contributed by atoms with van der Waals surface area (Å²) in [7, 11) is 2.92. The number of carbonyl (C=O) groups excluding carboxylic acids is 4. The van der Waals surface area contributed by atoms with Crippen molar-refractivity contribution in [2.75, 3.05) is 19.8 Å². The number of Topliss-reactive ketones (excluding diaryl/α,β-unsaturated/α-hetero) is 2. The van der Waals surface area contributed by atoms with Crippen LogP contribution in [0, 0.1) is 17.8 Å². The number of likely N-dealkylation sites (N-methyl/N-ethyl adjacent to an activating group) is 1. The van der Waals surface area contributed by atoms with Crippen LogP contribution in [-0.2, 0) is 23.9 Å². The smallest absolute Gasteiger partial charge is 0.309 e. The van der Waals surface area contributed by atoms with Crippen LogP contribution in [0.25, 0.3) is 10.8 Å². The number of fused-ring (bicyclic) bond motifs is 3. The van der Waals surface area contributed by atoms with Gasteiger partial charge >= 0.3 is 5.97 Å². The number of nitrogens with zero attached hydrogens (tertiary/aromatic N) is 1. The molecule has 12 nitrogen and oxygen atoms in total. The summed E-state index contributed by atoms with van der Waals surface area (Å²) in [6, 6.07) is 2.81. The summed E-state index contributed by atoms with van der Waals surface area (Å²) in [6.07, 6.45) is -1.89. The third kappa shape index (κ3) is 3.27. The van der Waals surface area contributed by atoms with Crippen molar-refractivity contribution in [3.05, 3.63) is 29.3 Å². The van der Waals surface area contributed by atoms with Gasteiger partial charge in [-0.3, -0.25) is 24.1 Å². The van der Waals surface area contributed by atoms with E-state index in [0.29, 0.717) is 12.8 Å². The van der Waals surface area contributed by atoms with Gasteiger partial charge in [-0.15, -0.1) is 0 Å². The number of aliphatic hydroxyl groups excluding tert-OH is 1. The molecule has 0 heterocycles. The van der Waals surface area contributed by atoms with Gasteiger partial charge in [0.15, 0.2) is 23.1 Å². The minimum absolute atomic E-state index is 0.0920. The van der Waals surface area contributed by atoms with Crippen LogP contribution in [0.3, 0.4) is 0 Å². The van der Waals surface area contributed by atoms with E-state index in [9.17, 15) is 39.6 Å². The highest BCUT2D eigenvalue weighted by Crippen LogP contribution is 2.60. The van der Waals surface area contributed by atoms with Gasteiger partial charge in [-0.05, 0) is 33.0 Å². The van der Waals surface area contributed by atoms with Crippen LogP contribution < -0.4 is 11.5 Å². The summed E-state index contributed by atoms with van der Waals surface area (Å²) < 4.78 is 5.88. The molecule has 2 fully saturated rings. The van der Waals surface area contributed by atoms with E-state index in [0.717, 1.165) is 6.42 Å². The van der Waals surface area contributed by atoms with Crippen molar-refractivity contribution in [1.29, 1.82) is 0 Å². The van der Waals surface area contributed by atoms with Crippen molar-refractivity contribution in [3.8, 4) is 11.5 Å². The molecule has 202 valence electrons. The molecule has 2 aromatic carbocycles. The first-order valence-corrected chi connectivity index (χ1v) is 12.2. The van der Waals surface area contributed by atoms with Gasteiger partial charge in [0.25, 0.3) is 0 Å². The van der Waals surface area contributed by atoms with Gasteiger partial charge in [-0.2, -0.15) is 0 Å². The second-order valence-corrected chi connectivity index (χ2v) is 10.5. The number of ketones is 2. The van der Waals surface area contributed by atoms with E-state index in [1.807, 2.05) is 0 Å². The van der Waals surface area contributed by atoms with Crippen LogP contribution in [0.5, 0.6) is 11.5 Å². The summed E-state index contributed by atoms with van der Waals surface area (Å²) >= 11 is 0. The first-order chi connectivity index (χ1) is 17.8. The first kappa shape index (κ1) is 25.9. The molecular formula is C26H29N3O9. The van der Waals surface area contributed by atoms with E-state index in [1.165, 1.54) is 37.2 Å². The molecule has 8 N–H and O–H groups in total. The van der Waals surface area contributed by atoms with Crippen LogP contribution in [0.1, 0.15) is 42.6 Å². The number of hydrogen-bond donors (Lipinski definition) is 6. The van der Waals surface area contributed by atoms with Gasteiger partial charge in [0.05, 0.1) is 23.3 Å². The van der Waals surface area contributed by atoms with E-state index in [4.69, 9.17) is 16.2 Å². The number of phenols is 2. The number of anilines is 1. The average Bonchev–Trinajstić information content (AvgIpc) is 2.79. The van der Waals surface area contributed by atoms with Crippen LogP contribution in [-0.4, -0.2) is 74.5 Å². The Morgan fingerprint density at radius 3 is 2.34 bits per heavy atom. The summed E-state index contributed by atoms with van der Waals surface area (Å²) in [5.41, 5.74) is 8.33. The maximum atomic E-state index is 13.6. The number of esters is 1. The highest BCUT2D eigenvalue weighted by molar-refractivity contribution is 6.24. The second kappa shape index (κ2) is 8.65. The third-order valence-electron chi connectivity index (χ3n) is 8.31. The summed E-state index contributed by atoms with van der Waals surface area (Å²) in [6.45, 7) is 0. The topological polar surface area (TPSA) is 214 Å². The number of nitrogens with two attached hydrogens (primary N) is 2. The molecule has 0 saturated heterocycles. The first-order valence-electron chi connectivity index (χ1n) is 12.2. The molecule has 0 radical (unpaired) electrons. The lowest BCUT2D eigenvalue weighted by atomic mass is 9.56. The molecule has 5 rings (SSSR count). The normalized spacial score (nSPS) is 31.0. The Hall–Kier alpha value is -3.74. The number of aliphatic hydroxyl groups is 2. The van der Waals surface area contributed by atoms with Crippen molar-refractivity contribution in [2.45, 2.75) is 43.1 Å². The van der Waals surface area contributed by atoms with E-state index < -0.39 is 82.1 Å². The number of nitrogen functional groups attached to an aromatic ring is 1. The lowest BCUT2D eigenvalue weighted by Crippen LogP contribution is -2.71. The number of amides is 1. The monoisotopic (exact) mass is 527 g/mol. The Balaban J connectivity index is 1.86. The van der Waals surface area contributed by atoms with Crippen LogP contribution in [0.15, 0.2) is 18.2 Å². The fourth-order valence-electron chi connectivity index (χ4n) is 6.22. The maximum Gasteiger partial charge on any atom is 0.309 e. The number of hydrogen-bond acceptors (Lipinski definition) is 11. The molecule has 0 aliphatic heterocycles. The standard InChI is InChI=1S/C26H29N3O9/c1-29(2)18-16-21(38-25(36)9-5-3-6-9)13-14(19(31)12-10(17(13)27)7-4-8-11(12)30)22(33)26(16,37)23(34)15(20(18)32)24(28)35/h4,7-9,15-16,18,21-22,30-31,33,37H,3,5-6,27H2,1-2H3,(H2,28,35)/t15?,16-,18+,21+,22?,26+/m1/s1. The lowest BCUT2D eigenvalue weighted by Gasteiger charge is -2.54. The molecule has 3 aliphatic rings. The fraction of sp³-hybridized carbons (Fsp3) is 0.462. The van der Waals surface area contributed by atoms with Crippen LogP contribution in [0.4, 0.5) is 5.69 Å². The number of rotatable bonds is 4. The van der Waals surface area contributed by atoms with Gasteiger partial charge in [0.2, 0.25) is 5.91 Å². The zero-order valence-electron chi connectivity index (χ0n) is 20.7. The predicted octanol–water partition coefficient (Wildman–Crippen LogP) is -0.205. The summed E-state index contributed by atoms with van der Waals surface area (Å²) in [4.78, 5) is 53.8. The van der Waals surface area contributed by atoms with Gasteiger partial charge in [-0.1, -0.05) is 18.6 Å². The highest BCUT2D eigenvalue weighted by atomic mass is 16.5. The molecule has 3 aliphatic carbocycles. The molecule has 1 amide bonds. The second-order valence-electron chi connectivity index (χ2n) is 10.5. The number of carbonyl (C=O) groups is 4. The molecule has 2 aromatic rings. The predicted molar refractivity (Wildman–Crippen MR) is 131 cm³/mol.